The van der Waals surface area contributed by atoms with Gasteiger partial charge in [-0.05, 0) is 56.3 Å². The molecule has 4 rings (SSSR count). The van der Waals surface area contributed by atoms with Gasteiger partial charge in [-0.15, -0.1) is 0 Å². The summed E-state index contributed by atoms with van der Waals surface area (Å²) in [7, 11) is 2.12. The van der Waals surface area contributed by atoms with Gasteiger partial charge in [-0.2, -0.15) is 0 Å². The molecule has 2 saturated heterocycles. The van der Waals surface area contributed by atoms with Gasteiger partial charge in [0.1, 0.15) is 6.10 Å². The molecule has 176 valence electrons. The largest absolute Gasteiger partial charge is 0.441 e. The quantitative estimate of drug-likeness (QED) is 0.701. The van der Waals surface area contributed by atoms with Crippen molar-refractivity contribution >= 4 is 23.4 Å². The second kappa shape index (κ2) is 9.80. The van der Waals surface area contributed by atoms with Crippen LogP contribution in [0.25, 0.3) is 0 Å². The number of aliphatic hydroxyl groups excluding tert-OH is 1. The van der Waals surface area contributed by atoms with Gasteiger partial charge in [0, 0.05) is 43.1 Å². The van der Waals surface area contributed by atoms with Gasteiger partial charge in [0.05, 0.1) is 19.2 Å². The average Bonchev–Trinajstić information content (AvgIpc) is 3.20. The Kier molecular flexibility index (Phi) is 6.85. The van der Waals surface area contributed by atoms with Crippen molar-refractivity contribution < 1.29 is 19.4 Å². The molecular weight excluding hydrogens is 420 g/mol. The van der Waals surface area contributed by atoms with Crippen molar-refractivity contribution in [1.29, 1.82) is 0 Å². The van der Waals surface area contributed by atoms with E-state index in [1.54, 1.807) is 0 Å². The second-order valence-electron chi connectivity index (χ2n) is 8.88. The Bertz CT molecular complexity index is 1020. The first kappa shape index (κ1) is 23.1. The van der Waals surface area contributed by atoms with Crippen LogP contribution in [0.5, 0.6) is 0 Å². The normalized spacial score (nSPS) is 20.0. The summed E-state index contributed by atoms with van der Waals surface area (Å²) in [5, 5.41) is 12.4. The maximum atomic E-state index is 13.2. The molecule has 2 aromatic carbocycles. The monoisotopic (exact) mass is 452 g/mol. The van der Waals surface area contributed by atoms with E-state index >= 15 is 0 Å². The number of hydrogen-bond donors (Lipinski definition) is 2. The van der Waals surface area contributed by atoms with E-state index in [1.807, 2.05) is 50.2 Å². The molecule has 2 aliphatic heterocycles. The maximum Gasteiger partial charge on any atom is 0.414 e. The molecule has 1 unspecified atom stereocenters. The first-order valence-corrected chi connectivity index (χ1v) is 11.4. The van der Waals surface area contributed by atoms with Crippen LogP contribution in [0.1, 0.15) is 34.5 Å². The third kappa shape index (κ3) is 5.12. The van der Waals surface area contributed by atoms with E-state index in [2.05, 4.69) is 28.2 Å². The average molecular weight is 453 g/mol. The van der Waals surface area contributed by atoms with Crippen LogP contribution in [0.4, 0.5) is 16.2 Å². The molecule has 2 aromatic rings. The minimum atomic E-state index is -0.520. The molecule has 0 saturated carbocycles. The predicted molar refractivity (Wildman–Crippen MR) is 128 cm³/mol. The lowest BCUT2D eigenvalue weighted by atomic mass is 10.0. The molecule has 2 fully saturated rings. The summed E-state index contributed by atoms with van der Waals surface area (Å²) < 4.78 is 5.14. The molecule has 8 heteroatoms. The van der Waals surface area contributed by atoms with Gasteiger partial charge in [-0.3, -0.25) is 9.69 Å². The summed E-state index contributed by atoms with van der Waals surface area (Å²) in [4.78, 5) is 31.4. The van der Waals surface area contributed by atoms with E-state index in [0.29, 0.717) is 17.8 Å². The third-order valence-corrected chi connectivity index (χ3v) is 6.44. The third-order valence-electron chi connectivity index (χ3n) is 6.44. The van der Waals surface area contributed by atoms with Crippen LogP contribution in [0, 0.1) is 6.92 Å². The van der Waals surface area contributed by atoms with Crippen LogP contribution >= 0.6 is 0 Å². The Hall–Kier alpha value is -3.10. The minimum absolute atomic E-state index is 0.123. The van der Waals surface area contributed by atoms with Crippen LogP contribution in [0.2, 0.25) is 0 Å². The molecule has 2 N–H and O–H groups in total. The van der Waals surface area contributed by atoms with E-state index < -0.39 is 12.2 Å². The van der Waals surface area contributed by atoms with Crippen molar-refractivity contribution in [2.75, 3.05) is 56.2 Å². The van der Waals surface area contributed by atoms with E-state index in [-0.39, 0.29) is 18.6 Å². The Morgan fingerprint density at radius 3 is 2.61 bits per heavy atom. The van der Waals surface area contributed by atoms with Gasteiger partial charge in [0.25, 0.3) is 5.91 Å². The van der Waals surface area contributed by atoms with Gasteiger partial charge >= 0.3 is 6.09 Å². The number of ether oxygens (including phenoxy) is 1. The van der Waals surface area contributed by atoms with Crippen LogP contribution in [0.15, 0.2) is 42.5 Å². The Morgan fingerprint density at radius 2 is 1.91 bits per heavy atom. The van der Waals surface area contributed by atoms with E-state index in [1.165, 1.54) is 4.90 Å². The summed E-state index contributed by atoms with van der Waals surface area (Å²) in [6.07, 6.45) is -0.993. The molecule has 2 aliphatic rings. The van der Waals surface area contributed by atoms with Crippen molar-refractivity contribution in [1.82, 2.24) is 10.2 Å². The molecule has 0 aliphatic carbocycles. The summed E-state index contributed by atoms with van der Waals surface area (Å²) in [5.41, 5.74) is 4.24. The zero-order valence-corrected chi connectivity index (χ0v) is 19.5. The fraction of sp³-hybridized carbons (Fsp3) is 0.440. The van der Waals surface area contributed by atoms with Crippen LogP contribution in [-0.2, 0) is 4.74 Å². The molecule has 0 aromatic heterocycles. The van der Waals surface area contributed by atoms with E-state index in [0.717, 1.165) is 43.0 Å². The number of carbonyl (C=O) groups is 2. The van der Waals surface area contributed by atoms with Crippen molar-refractivity contribution in [2.45, 2.75) is 26.0 Å². The highest BCUT2D eigenvalue weighted by atomic mass is 16.6. The predicted octanol–water partition coefficient (Wildman–Crippen LogP) is 2.56. The highest BCUT2D eigenvalue weighted by Gasteiger charge is 2.32. The minimum Gasteiger partial charge on any atom is -0.441 e. The van der Waals surface area contributed by atoms with Crippen molar-refractivity contribution in [3.05, 3.63) is 59.2 Å². The summed E-state index contributed by atoms with van der Waals surface area (Å²) in [5.74, 6) is -0.123. The van der Waals surface area contributed by atoms with E-state index in [9.17, 15) is 14.7 Å². The fourth-order valence-corrected chi connectivity index (χ4v) is 4.26. The van der Waals surface area contributed by atoms with Crippen LogP contribution in [0.3, 0.4) is 0 Å². The number of rotatable bonds is 6. The standard InChI is InChI=1S/C25H32N4O4/c1-17-7-8-20(28-11-9-27(3)10-12-28)14-23(17)24(31)26-18(2)19-5-4-6-21(13-19)29-15-22(16-30)33-25(29)32/h4-8,13-14,18,22,30H,9-12,15-16H2,1-3H3,(H,26,31)/t18-,22?/m1/s1. The number of likely N-dealkylation sites (N-methyl/N-ethyl adjacent to an activating group) is 1. The zero-order chi connectivity index (χ0) is 23.5. The number of benzene rings is 2. The topological polar surface area (TPSA) is 85.3 Å². The summed E-state index contributed by atoms with van der Waals surface area (Å²) >= 11 is 0. The molecule has 0 bridgehead atoms. The number of amides is 2. The number of aryl methyl sites for hydroxylation is 1. The molecule has 33 heavy (non-hydrogen) atoms. The molecule has 0 spiro atoms. The number of carbonyl (C=O) groups excluding carboxylic acids is 2. The van der Waals surface area contributed by atoms with Crippen molar-refractivity contribution in [2.24, 2.45) is 0 Å². The maximum absolute atomic E-state index is 13.2. The van der Waals surface area contributed by atoms with Crippen LogP contribution in [-0.4, -0.2) is 74.5 Å². The van der Waals surface area contributed by atoms with Crippen molar-refractivity contribution in [3.8, 4) is 0 Å². The van der Waals surface area contributed by atoms with Gasteiger partial charge in [0.2, 0.25) is 0 Å². The number of hydrogen-bond acceptors (Lipinski definition) is 6. The highest BCUT2D eigenvalue weighted by Crippen LogP contribution is 2.26. The lowest BCUT2D eigenvalue weighted by molar-refractivity contribution is 0.0938. The van der Waals surface area contributed by atoms with Gasteiger partial charge in [-0.25, -0.2) is 4.79 Å². The number of anilines is 2. The van der Waals surface area contributed by atoms with Crippen LogP contribution < -0.4 is 15.1 Å². The molecule has 2 atom stereocenters. The second-order valence-corrected chi connectivity index (χ2v) is 8.88. The molecular formula is C25H32N4O4. The molecule has 2 amide bonds. The zero-order valence-electron chi connectivity index (χ0n) is 19.5. The molecule has 8 nitrogen and oxygen atoms in total. The first-order chi connectivity index (χ1) is 15.9. The number of piperazine rings is 1. The van der Waals surface area contributed by atoms with Gasteiger partial charge in [-0.1, -0.05) is 18.2 Å². The Labute approximate surface area is 194 Å². The van der Waals surface area contributed by atoms with E-state index in [4.69, 9.17) is 4.74 Å². The van der Waals surface area contributed by atoms with Gasteiger partial charge < -0.3 is 25.0 Å². The lowest BCUT2D eigenvalue weighted by Crippen LogP contribution is -2.44. The number of cyclic esters (lactones) is 1. The fourth-order valence-electron chi connectivity index (χ4n) is 4.26. The smallest absolute Gasteiger partial charge is 0.414 e. The van der Waals surface area contributed by atoms with Gasteiger partial charge in [0.15, 0.2) is 0 Å². The number of aliphatic hydroxyl groups is 1. The van der Waals surface area contributed by atoms with Crippen molar-refractivity contribution in [3.63, 3.8) is 0 Å². The highest BCUT2D eigenvalue weighted by molar-refractivity contribution is 5.97. The Balaban J connectivity index is 1.47. The summed E-state index contributed by atoms with van der Waals surface area (Å²) in [6, 6.07) is 13.3. The molecule has 0 radical (unpaired) electrons. The lowest BCUT2D eigenvalue weighted by Gasteiger charge is -2.34. The Morgan fingerprint density at radius 1 is 1.15 bits per heavy atom. The molecule has 2 heterocycles. The number of nitrogens with zero attached hydrogens (tertiary/aromatic N) is 3. The SMILES string of the molecule is Cc1ccc(N2CCN(C)CC2)cc1C(=O)N[C@H](C)c1cccc(N2CC(CO)OC2=O)c1. The summed E-state index contributed by atoms with van der Waals surface area (Å²) in [6.45, 7) is 7.87. The number of nitrogens with one attached hydrogen (secondary N) is 1. The first-order valence-electron chi connectivity index (χ1n) is 11.4.